The number of hydrogen-bond donors (Lipinski definition) is 2. The highest BCUT2D eigenvalue weighted by Gasteiger charge is 2.01. The summed E-state index contributed by atoms with van der Waals surface area (Å²) in [7, 11) is 1.74. The summed E-state index contributed by atoms with van der Waals surface area (Å²) in [4.78, 5) is 4.11. The number of hydrogen-bond acceptors (Lipinski definition) is 2. The fourth-order valence-electron chi connectivity index (χ4n) is 2.04. The minimum absolute atomic E-state index is 0.572. The standard InChI is InChI=1S/C17H21N3O/c1-3-11-19-17(18-2)20-12-13-21-16-10-6-8-14-7-4-5-9-15(14)16/h3-10H,1,11-13H2,2H3,(H2,18,19,20). The first-order valence-electron chi connectivity index (χ1n) is 7.01. The van der Waals surface area contributed by atoms with Crippen LogP contribution in [0.15, 0.2) is 60.1 Å². The van der Waals surface area contributed by atoms with Crippen LogP contribution in [-0.2, 0) is 0 Å². The molecule has 0 aliphatic carbocycles. The first-order valence-corrected chi connectivity index (χ1v) is 7.01. The molecule has 0 aliphatic rings. The van der Waals surface area contributed by atoms with Crippen LogP contribution in [0.2, 0.25) is 0 Å². The van der Waals surface area contributed by atoms with Gasteiger partial charge >= 0.3 is 0 Å². The van der Waals surface area contributed by atoms with Gasteiger partial charge < -0.3 is 15.4 Å². The Morgan fingerprint density at radius 3 is 2.81 bits per heavy atom. The molecule has 0 radical (unpaired) electrons. The third kappa shape index (κ3) is 4.24. The van der Waals surface area contributed by atoms with Crippen LogP contribution in [0, 0.1) is 0 Å². The van der Waals surface area contributed by atoms with Gasteiger partial charge in [-0.05, 0) is 11.5 Å². The number of ether oxygens (including phenoxy) is 1. The Morgan fingerprint density at radius 1 is 1.19 bits per heavy atom. The van der Waals surface area contributed by atoms with Gasteiger partial charge in [-0.15, -0.1) is 6.58 Å². The molecule has 2 rings (SSSR count). The smallest absolute Gasteiger partial charge is 0.191 e. The zero-order valence-electron chi connectivity index (χ0n) is 12.3. The Bertz CT molecular complexity index is 617. The van der Waals surface area contributed by atoms with Crippen LogP contribution >= 0.6 is 0 Å². The van der Waals surface area contributed by atoms with Crippen molar-refractivity contribution >= 4 is 16.7 Å². The molecule has 0 saturated heterocycles. The summed E-state index contributed by atoms with van der Waals surface area (Å²) in [5, 5.41) is 8.62. The fraction of sp³-hybridized carbons (Fsp3) is 0.235. The van der Waals surface area contributed by atoms with E-state index in [1.807, 2.05) is 24.3 Å². The zero-order chi connectivity index (χ0) is 14.9. The minimum atomic E-state index is 0.572. The summed E-state index contributed by atoms with van der Waals surface area (Å²) in [6.07, 6.45) is 1.79. The lowest BCUT2D eigenvalue weighted by Gasteiger charge is -2.12. The molecule has 4 heteroatoms. The van der Waals surface area contributed by atoms with E-state index in [1.54, 1.807) is 13.1 Å². The van der Waals surface area contributed by atoms with Crippen LogP contribution in [0.3, 0.4) is 0 Å². The SMILES string of the molecule is C=CCNC(=NC)NCCOc1cccc2ccccc12. The van der Waals surface area contributed by atoms with E-state index in [9.17, 15) is 0 Å². The minimum Gasteiger partial charge on any atom is -0.491 e. The third-order valence-electron chi connectivity index (χ3n) is 3.04. The number of guanidine groups is 1. The molecule has 2 N–H and O–H groups in total. The Kier molecular flexibility index (Phi) is 5.64. The quantitative estimate of drug-likeness (QED) is 0.371. The molecule has 0 bridgehead atoms. The highest BCUT2D eigenvalue weighted by atomic mass is 16.5. The maximum Gasteiger partial charge on any atom is 0.191 e. The van der Waals surface area contributed by atoms with E-state index >= 15 is 0 Å². The first-order chi connectivity index (χ1) is 10.3. The van der Waals surface area contributed by atoms with Crippen molar-refractivity contribution in [1.29, 1.82) is 0 Å². The number of benzene rings is 2. The topological polar surface area (TPSA) is 45.7 Å². The van der Waals surface area contributed by atoms with Crippen molar-refractivity contribution in [3.05, 3.63) is 55.1 Å². The summed E-state index contributed by atoms with van der Waals surface area (Å²) < 4.78 is 5.85. The normalized spacial score (nSPS) is 11.2. The van der Waals surface area contributed by atoms with Gasteiger partial charge in [0, 0.05) is 19.0 Å². The molecular weight excluding hydrogens is 262 g/mol. The van der Waals surface area contributed by atoms with Gasteiger partial charge in [-0.1, -0.05) is 42.5 Å². The lowest BCUT2D eigenvalue weighted by molar-refractivity contribution is 0.325. The van der Waals surface area contributed by atoms with Crippen LogP contribution in [0.5, 0.6) is 5.75 Å². The lowest BCUT2D eigenvalue weighted by Crippen LogP contribution is -2.39. The van der Waals surface area contributed by atoms with Crippen molar-refractivity contribution in [2.45, 2.75) is 0 Å². The number of fused-ring (bicyclic) bond motifs is 1. The fourth-order valence-corrected chi connectivity index (χ4v) is 2.04. The van der Waals surface area contributed by atoms with E-state index in [2.05, 4.69) is 40.4 Å². The van der Waals surface area contributed by atoms with Crippen LogP contribution in [0.1, 0.15) is 0 Å². The van der Waals surface area contributed by atoms with Gasteiger partial charge in [0.05, 0.1) is 6.54 Å². The van der Waals surface area contributed by atoms with Gasteiger partial charge in [0.15, 0.2) is 5.96 Å². The summed E-state index contributed by atoms with van der Waals surface area (Å²) in [6, 6.07) is 14.3. The van der Waals surface area contributed by atoms with Crippen LogP contribution in [0.25, 0.3) is 10.8 Å². The number of aliphatic imine (C=N–C) groups is 1. The maximum absolute atomic E-state index is 5.85. The Hall–Kier alpha value is -2.49. The van der Waals surface area contributed by atoms with Crippen molar-refractivity contribution in [1.82, 2.24) is 10.6 Å². The molecule has 2 aromatic carbocycles. The lowest BCUT2D eigenvalue weighted by atomic mass is 10.1. The predicted molar refractivity (Wildman–Crippen MR) is 89.0 cm³/mol. The summed E-state index contributed by atoms with van der Waals surface area (Å²) in [5.41, 5.74) is 0. The van der Waals surface area contributed by atoms with Gasteiger partial charge in [0.1, 0.15) is 12.4 Å². The number of nitrogens with one attached hydrogen (secondary N) is 2. The molecule has 0 heterocycles. The number of nitrogens with zero attached hydrogens (tertiary/aromatic N) is 1. The molecule has 0 amide bonds. The Morgan fingerprint density at radius 2 is 2.00 bits per heavy atom. The van der Waals surface area contributed by atoms with Crippen LogP contribution in [-0.4, -0.2) is 32.7 Å². The summed E-state index contributed by atoms with van der Waals surface area (Å²) in [6.45, 7) is 5.60. The van der Waals surface area contributed by atoms with E-state index in [-0.39, 0.29) is 0 Å². The molecule has 0 atom stereocenters. The van der Waals surface area contributed by atoms with E-state index in [0.29, 0.717) is 19.7 Å². The van der Waals surface area contributed by atoms with E-state index in [0.717, 1.165) is 17.1 Å². The Balaban J connectivity index is 1.86. The maximum atomic E-state index is 5.85. The van der Waals surface area contributed by atoms with E-state index in [4.69, 9.17) is 4.74 Å². The molecule has 4 nitrogen and oxygen atoms in total. The van der Waals surface area contributed by atoms with Gasteiger partial charge in [0.2, 0.25) is 0 Å². The molecule has 0 saturated carbocycles. The van der Waals surface area contributed by atoms with Crippen molar-refractivity contribution in [2.75, 3.05) is 26.7 Å². The van der Waals surface area contributed by atoms with Crippen LogP contribution in [0.4, 0.5) is 0 Å². The van der Waals surface area contributed by atoms with Gasteiger partial charge in [0.25, 0.3) is 0 Å². The second-order valence-corrected chi connectivity index (χ2v) is 4.49. The van der Waals surface area contributed by atoms with Gasteiger partial charge in [-0.2, -0.15) is 0 Å². The molecule has 0 aliphatic heterocycles. The third-order valence-corrected chi connectivity index (χ3v) is 3.04. The molecule has 0 aromatic heterocycles. The molecule has 0 spiro atoms. The average Bonchev–Trinajstić information content (AvgIpc) is 2.54. The molecule has 0 unspecified atom stereocenters. The molecule has 110 valence electrons. The summed E-state index contributed by atoms with van der Waals surface area (Å²) in [5.74, 6) is 1.65. The predicted octanol–water partition coefficient (Wildman–Crippen LogP) is 2.57. The van der Waals surface area contributed by atoms with Crippen molar-refractivity contribution < 1.29 is 4.74 Å². The molecular formula is C17H21N3O. The monoisotopic (exact) mass is 283 g/mol. The summed E-state index contributed by atoms with van der Waals surface area (Å²) >= 11 is 0. The van der Waals surface area contributed by atoms with E-state index in [1.165, 1.54) is 5.39 Å². The van der Waals surface area contributed by atoms with Crippen molar-refractivity contribution in [3.8, 4) is 5.75 Å². The van der Waals surface area contributed by atoms with Gasteiger partial charge in [-0.3, -0.25) is 4.99 Å². The second-order valence-electron chi connectivity index (χ2n) is 4.49. The molecule has 0 fully saturated rings. The highest BCUT2D eigenvalue weighted by molar-refractivity contribution is 5.88. The average molecular weight is 283 g/mol. The Labute approximate surface area is 125 Å². The molecule has 2 aromatic rings. The number of rotatable bonds is 6. The first kappa shape index (κ1) is 14.9. The van der Waals surface area contributed by atoms with E-state index < -0.39 is 0 Å². The largest absolute Gasteiger partial charge is 0.491 e. The van der Waals surface area contributed by atoms with Crippen molar-refractivity contribution in [3.63, 3.8) is 0 Å². The van der Waals surface area contributed by atoms with Crippen LogP contribution < -0.4 is 15.4 Å². The second kappa shape index (κ2) is 7.94. The van der Waals surface area contributed by atoms with Crippen molar-refractivity contribution in [2.24, 2.45) is 4.99 Å². The highest BCUT2D eigenvalue weighted by Crippen LogP contribution is 2.24. The zero-order valence-corrected chi connectivity index (χ0v) is 12.3. The molecule has 21 heavy (non-hydrogen) atoms. The van der Waals surface area contributed by atoms with Gasteiger partial charge in [-0.25, -0.2) is 0 Å².